The first-order valence-corrected chi connectivity index (χ1v) is 8.31. The molecule has 28 heavy (non-hydrogen) atoms. The number of nitrogen functional groups attached to an aromatic ring is 1. The predicted molar refractivity (Wildman–Crippen MR) is 98.1 cm³/mol. The molecule has 2 rings (SSSR count). The summed E-state index contributed by atoms with van der Waals surface area (Å²) in [6, 6.07) is 7.87. The Morgan fingerprint density at radius 2 is 1.39 bits per heavy atom. The van der Waals surface area contributed by atoms with Gasteiger partial charge in [0.05, 0.1) is 25.9 Å². The lowest BCUT2D eigenvalue weighted by atomic mass is 10.2. The van der Waals surface area contributed by atoms with Crippen LogP contribution < -0.4 is 20.7 Å². The minimum atomic E-state index is -0.576. The molecule has 0 heterocycles. The molecule has 0 bridgehead atoms. The third-order valence-electron chi connectivity index (χ3n) is 3.28. The van der Waals surface area contributed by atoms with Crippen LogP contribution >= 0.6 is 0 Å². The van der Waals surface area contributed by atoms with E-state index in [-0.39, 0.29) is 22.6 Å². The number of nitrogens with two attached hydrogens (primary N) is 1. The summed E-state index contributed by atoms with van der Waals surface area (Å²) in [6.07, 6.45) is 0. The van der Waals surface area contributed by atoms with Crippen LogP contribution in [-0.2, 0) is 4.74 Å². The maximum Gasteiger partial charge on any atom is 0.337 e. The highest BCUT2D eigenvalue weighted by Gasteiger charge is 2.10. The van der Waals surface area contributed by atoms with Gasteiger partial charge in [0, 0.05) is 5.56 Å². The fourth-order valence-electron chi connectivity index (χ4n) is 2.02. The van der Waals surface area contributed by atoms with E-state index >= 15 is 0 Å². The largest absolute Gasteiger partial charge is 0.491 e. The lowest BCUT2D eigenvalue weighted by molar-refractivity contribution is 0.0600. The standard InChI is InChI=1S/C10H11FO3.C9H11FN2O2/c1-3-14-9-5-4-7(6-8(9)11)10(12)13-2;1-2-14-8-4-3-6(5-7(8)10)9(13)12-11/h4-6H,3H2,1-2H3;3-5H,2,11H2,1H3,(H,12,13). The molecular weight excluding hydrogens is 374 g/mol. The molecule has 0 fully saturated rings. The Labute approximate surface area is 161 Å². The molecular formula is C19H22F2N2O5. The van der Waals surface area contributed by atoms with E-state index in [1.807, 2.05) is 5.43 Å². The second-order valence-electron chi connectivity index (χ2n) is 5.12. The zero-order valence-corrected chi connectivity index (χ0v) is 15.8. The number of hydrogen-bond acceptors (Lipinski definition) is 6. The molecule has 3 N–H and O–H groups in total. The first-order chi connectivity index (χ1) is 13.4. The van der Waals surface area contributed by atoms with Crippen LogP contribution in [0, 0.1) is 11.6 Å². The van der Waals surface area contributed by atoms with Gasteiger partial charge in [-0.2, -0.15) is 0 Å². The number of rotatable bonds is 6. The van der Waals surface area contributed by atoms with Crippen LogP contribution in [0.4, 0.5) is 8.78 Å². The van der Waals surface area contributed by atoms with Crippen molar-refractivity contribution in [3.05, 3.63) is 59.2 Å². The molecule has 0 spiro atoms. The molecule has 0 radical (unpaired) electrons. The number of amides is 1. The summed E-state index contributed by atoms with van der Waals surface area (Å²) in [5.74, 6) is 2.93. The number of ether oxygens (including phenoxy) is 3. The molecule has 2 aromatic rings. The Hall–Kier alpha value is -3.20. The highest BCUT2D eigenvalue weighted by atomic mass is 19.1. The quantitative estimate of drug-likeness (QED) is 0.337. The van der Waals surface area contributed by atoms with Crippen molar-refractivity contribution in [2.24, 2.45) is 5.84 Å². The van der Waals surface area contributed by atoms with Crippen molar-refractivity contribution in [3.63, 3.8) is 0 Å². The molecule has 0 aliphatic carbocycles. The molecule has 0 atom stereocenters. The van der Waals surface area contributed by atoms with Crippen molar-refractivity contribution in [1.29, 1.82) is 0 Å². The predicted octanol–water partition coefficient (Wildman–Crippen LogP) is 2.84. The fourth-order valence-corrected chi connectivity index (χ4v) is 2.02. The summed E-state index contributed by atoms with van der Waals surface area (Å²) >= 11 is 0. The summed E-state index contributed by atoms with van der Waals surface area (Å²) in [6.45, 7) is 4.27. The number of carbonyl (C=O) groups excluding carboxylic acids is 2. The lowest BCUT2D eigenvalue weighted by Gasteiger charge is -2.05. The Kier molecular flexibility index (Phi) is 9.38. The molecule has 2 aromatic carbocycles. The molecule has 0 saturated heterocycles. The molecule has 0 saturated carbocycles. The van der Waals surface area contributed by atoms with Crippen molar-refractivity contribution in [2.45, 2.75) is 13.8 Å². The Morgan fingerprint density at radius 3 is 1.79 bits per heavy atom. The zero-order valence-electron chi connectivity index (χ0n) is 15.8. The third-order valence-corrected chi connectivity index (χ3v) is 3.28. The topological polar surface area (TPSA) is 99.9 Å². The van der Waals surface area contributed by atoms with Gasteiger partial charge in [-0.3, -0.25) is 10.2 Å². The van der Waals surface area contributed by atoms with Crippen LogP contribution in [0.15, 0.2) is 36.4 Å². The highest BCUT2D eigenvalue weighted by Crippen LogP contribution is 2.19. The monoisotopic (exact) mass is 396 g/mol. The lowest BCUT2D eigenvalue weighted by Crippen LogP contribution is -2.30. The Balaban J connectivity index is 0.000000280. The Bertz CT molecular complexity index is 747. The average molecular weight is 396 g/mol. The second kappa shape index (κ2) is 11.5. The zero-order chi connectivity index (χ0) is 21.1. The molecule has 0 unspecified atom stereocenters. The van der Waals surface area contributed by atoms with E-state index in [2.05, 4.69) is 4.74 Å². The van der Waals surface area contributed by atoms with Crippen LogP contribution in [0.5, 0.6) is 11.5 Å². The second-order valence-corrected chi connectivity index (χ2v) is 5.12. The molecule has 7 nitrogen and oxygen atoms in total. The van der Waals surface area contributed by atoms with Crippen molar-refractivity contribution in [2.75, 3.05) is 20.3 Å². The van der Waals surface area contributed by atoms with E-state index in [0.717, 1.165) is 12.1 Å². The van der Waals surface area contributed by atoms with Crippen molar-refractivity contribution in [1.82, 2.24) is 5.43 Å². The van der Waals surface area contributed by atoms with Crippen LogP contribution in [0.2, 0.25) is 0 Å². The van der Waals surface area contributed by atoms with E-state index in [4.69, 9.17) is 15.3 Å². The van der Waals surface area contributed by atoms with Gasteiger partial charge in [-0.25, -0.2) is 19.4 Å². The van der Waals surface area contributed by atoms with Gasteiger partial charge >= 0.3 is 5.97 Å². The normalized spacial score (nSPS) is 9.64. The van der Waals surface area contributed by atoms with E-state index in [0.29, 0.717) is 13.2 Å². The average Bonchev–Trinajstić information content (AvgIpc) is 2.70. The van der Waals surface area contributed by atoms with Gasteiger partial charge < -0.3 is 14.2 Å². The van der Waals surface area contributed by atoms with Crippen LogP contribution in [0.3, 0.4) is 0 Å². The maximum absolute atomic E-state index is 13.2. The highest BCUT2D eigenvalue weighted by molar-refractivity contribution is 5.93. The SMILES string of the molecule is CCOc1ccc(C(=O)NN)cc1F.CCOc1ccc(C(=O)OC)cc1F. The number of hydrogen-bond donors (Lipinski definition) is 2. The van der Waals surface area contributed by atoms with Crippen LogP contribution in [0.1, 0.15) is 34.6 Å². The number of nitrogens with one attached hydrogen (secondary N) is 1. The first kappa shape index (κ1) is 22.8. The summed E-state index contributed by atoms with van der Waals surface area (Å²) < 4.78 is 40.8. The van der Waals surface area contributed by atoms with Gasteiger partial charge in [0.15, 0.2) is 23.1 Å². The maximum atomic E-state index is 13.2. The molecule has 0 aromatic heterocycles. The molecule has 0 aliphatic rings. The molecule has 1 amide bonds. The minimum Gasteiger partial charge on any atom is -0.491 e. The summed E-state index contributed by atoms with van der Waals surface area (Å²) in [7, 11) is 1.25. The van der Waals surface area contributed by atoms with Crippen LogP contribution in [-0.4, -0.2) is 32.2 Å². The number of hydrazine groups is 1. The Morgan fingerprint density at radius 1 is 0.929 bits per heavy atom. The number of halogens is 2. The molecule has 9 heteroatoms. The van der Waals surface area contributed by atoms with Crippen molar-refractivity contribution < 1.29 is 32.6 Å². The first-order valence-electron chi connectivity index (χ1n) is 8.31. The minimum absolute atomic E-state index is 0.126. The number of carbonyl (C=O) groups is 2. The van der Waals surface area contributed by atoms with Gasteiger partial charge in [-0.15, -0.1) is 0 Å². The van der Waals surface area contributed by atoms with Gasteiger partial charge in [-0.05, 0) is 50.2 Å². The fraction of sp³-hybridized carbons (Fsp3) is 0.263. The molecule has 152 valence electrons. The number of methoxy groups -OCH3 is 1. The van der Waals surface area contributed by atoms with E-state index in [9.17, 15) is 18.4 Å². The van der Waals surface area contributed by atoms with Gasteiger partial charge in [0.1, 0.15) is 0 Å². The number of benzene rings is 2. The van der Waals surface area contributed by atoms with Gasteiger partial charge in [-0.1, -0.05) is 0 Å². The summed E-state index contributed by atoms with van der Waals surface area (Å²) in [4.78, 5) is 22.0. The third kappa shape index (κ3) is 6.51. The summed E-state index contributed by atoms with van der Waals surface area (Å²) in [5.41, 5.74) is 2.25. The van der Waals surface area contributed by atoms with Gasteiger partial charge in [0.2, 0.25) is 0 Å². The van der Waals surface area contributed by atoms with E-state index in [1.165, 1.54) is 31.4 Å². The molecule has 0 aliphatic heterocycles. The van der Waals surface area contributed by atoms with E-state index in [1.54, 1.807) is 13.8 Å². The summed E-state index contributed by atoms with van der Waals surface area (Å²) in [5, 5.41) is 0. The van der Waals surface area contributed by atoms with Gasteiger partial charge in [0.25, 0.3) is 5.91 Å². The smallest absolute Gasteiger partial charge is 0.337 e. The van der Waals surface area contributed by atoms with Crippen molar-refractivity contribution >= 4 is 11.9 Å². The van der Waals surface area contributed by atoms with E-state index < -0.39 is 23.5 Å². The number of esters is 1. The van der Waals surface area contributed by atoms with Crippen molar-refractivity contribution in [3.8, 4) is 11.5 Å². The van der Waals surface area contributed by atoms with Crippen LogP contribution in [0.25, 0.3) is 0 Å².